The molecule has 0 saturated carbocycles. The van der Waals surface area contributed by atoms with Gasteiger partial charge in [-0.25, -0.2) is 0 Å². The summed E-state index contributed by atoms with van der Waals surface area (Å²) in [5, 5.41) is 0. The first-order valence-electron chi connectivity index (χ1n) is 0.167. The van der Waals surface area contributed by atoms with Crippen molar-refractivity contribution in [2.75, 3.05) is 0 Å². The fraction of sp³-hybridized carbons (Fsp3) is 0. The van der Waals surface area contributed by atoms with Gasteiger partial charge in [0.25, 0.3) is 0 Å². The first-order valence-corrected chi connectivity index (χ1v) is 0.500. The van der Waals surface area contributed by atoms with Crippen LogP contribution in [0.4, 0.5) is 0 Å². The van der Waals surface area contributed by atoms with E-state index < -0.39 is 0 Å². The van der Waals surface area contributed by atoms with E-state index in [0.29, 0.717) is 0 Å². The Kier molecular flexibility index (Phi) is 159. The fourth-order valence-corrected chi connectivity index (χ4v) is 0. The zero-order chi connectivity index (χ0) is 2.00. The molecule has 0 amide bonds. The van der Waals surface area contributed by atoms with Gasteiger partial charge in [0.1, 0.15) is 0 Å². The van der Waals surface area contributed by atoms with Crippen molar-refractivity contribution in [3.63, 3.8) is 0 Å². The van der Waals surface area contributed by atoms with Gasteiger partial charge in [-0.2, -0.15) is 4.21 Å². The quantitative estimate of drug-likeness (QED) is 0.307. The molecule has 0 aromatic rings. The second-order valence-corrected chi connectivity index (χ2v) is 0. The van der Waals surface area contributed by atoms with Crippen LogP contribution in [0.5, 0.6) is 0 Å². The number of hydrogen-bond acceptors (Lipinski definition) is 2. The molecule has 0 unspecified atom stereocenters. The SMILES string of the molecule is O=S.[Br-].[Li+]. The van der Waals surface area contributed by atoms with Gasteiger partial charge in [-0.1, -0.05) is 0 Å². The molecular formula is BrLiOS. The normalized spacial score (nSPS) is 1.00. The van der Waals surface area contributed by atoms with Crippen molar-refractivity contribution in [1.82, 2.24) is 0 Å². The first-order chi connectivity index (χ1) is 1.00. The molecule has 0 N–H and O–H groups in total. The summed E-state index contributed by atoms with van der Waals surface area (Å²) in [6.45, 7) is 0. The first kappa shape index (κ1) is 19.5. The molecule has 0 atom stereocenters. The minimum atomic E-state index is 0. The smallest absolute Gasteiger partial charge is 1.00 e. The summed E-state index contributed by atoms with van der Waals surface area (Å²) < 4.78 is 7.83. The van der Waals surface area contributed by atoms with Crippen molar-refractivity contribution in [2.24, 2.45) is 0 Å². The Morgan fingerprint density at radius 2 is 1.25 bits per heavy atom. The predicted molar refractivity (Wildman–Crippen MR) is 8.14 cm³/mol. The summed E-state index contributed by atoms with van der Waals surface area (Å²) in [7, 11) is 0. The van der Waals surface area contributed by atoms with Crippen LogP contribution in [0.1, 0.15) is 0 Å². The molecule has 0 saturated heterocycles. The van der Waals surface area contributed by atoms with Crippen LogP contribution in [0.3, 0.4) is 0 Å². The van der Waals surface area contributed by atoms with Gasteiger partial charge in [0.15, 0.2) is 12.5 Å². The fourth-order valence-electron chi connectivity index (χ4n) is 0. The molecule has 0 heterocycles. The summed E-state index contributed by atoms with van der Waals surface area (Å²) in [5.41, 5.74) is 0. The second-order valence-electron chi connectivity index (χ2n) is 0. The van der Waals surface area contributed by atoms with Crippen molar-refractivity contribution in [3.05, 3.63) is 0 Å². The Labute approximate surface area is 52.6 Å². The van der Waals surface area contributed by atoms with Crippen LogP contribution >= 0.6 is 0 Å². The van der Waals surface area contributed by atoms with E-state index in [2.05, 4.69) is 12.5 Å². The third-order valence-electron chi connectivity index (χ3n) is 0. The molecule has 1 nitrogen and oxygen atoms in total. The molecule has 0 aromatic carbocycles. The van der Waals surface area contributed by atoms with Crippen LogP contribution in [0.2, 0.25) is 0 Å². The van der Waals surface area contributed by atoms with Gasteiger partial charge < -0.3 is 17.0 Å². The van der Waals surface area contributed by atoms with E-state index in [-0.39, 0.29) is 35.8 Å². The van der Waals surface area contributed by atoms with E-state index in [0.717, 1.165) is 0 Å². The molecule has 0 aliphatic carbocycles. The van der Waals surface area contributed by atoms with Crippen LogP contribution < -0.4 is 35.8 Å². The van der Waals surface area contributed by atoms with Gasteiger partial charge in [-0.05, 0) is 0 Å². The Balaban J connectivity index is -0.00000000500. The van der Waals surface area contributed by atoms with Crippen molar-refractivity contribution in [1.29, 1.82) is 0 Å². The van der Waals surface area contributed by atoms with E-state index in [1.807, 2.05) is 0 Å². The molecule has 4 heteroatoms. The molecule has 0 bridgehead atoms. The van der Waals surface area contributed by atoms with Crippen LogP contribution in [0, 0.1) is 0 Å². The van der Waals surface area contributed by atoms with Gasteiger partial charge in [0.05, 0.1) is 0 Å². The molecule has 0 rings (SSSR count). The summed E-state index contributed by atoms with van der Waals surface area (Å²) >= 11 is 2.83. The minimum Gasteiger partial charge on any atom is -1.00 e. The molecule has 0 fully saturated rings. The molecule has 20 valence electrons. The minimum absolute atomic E-state index is 0. The van der Waals surface area contributed by atoms with Crippen molar-refractivity contribution in [3.8, 4) is 0 Å². The number of hydrogen-bond donors (Lipinski definition) is 0. The third-order valence-corrected chi connectivity index (χ3v) is 0. The Bertz CT molecular complexity index is 8.00. The summed E-state index contributed by atoms with van der Waals surface area (Å²) in [6, 6.07) is 0. The average Bonchev–Trinajstić information content (AvgIpc) is 1.00. The van der Waals surface area contributed by atoms with Gasteiger partial charge in [0.2, 0.25) is 0 Å². The van der Waals surface area contributed by atoms with E-state index in [4.69, 9.17) is 4.21 Å². The molecule has 0 radical (unpaired) electrons. The molecule has 0 aromatic heterocycles. The molecule has 0 spiro atoms. The van der Waals surface area contributed by atoms with Crippen LogP contribution in [-0.4, -0.2) is 4.21 Å². The van der Waals surface area contributed by atoms with Crippen molar-refractivity contribution < 1.29 is 40.1 Å². The Morgan fingerprint density at radius 3 is 1.25 bits per heavy atom. The van der Waals surface area contributed by atoms with Gasteiger partial charge in [-0.15, -0.1) is 0 Å². The van der Waals surface area contributed by atoms with E-state index >= 15 is 0 Å². The Morgan fingerprint density at radius 1 is 1.25 bits per heavy atom. The van der Waals surface area contributed by atoms with Crippen molar-refractivity contribution >= 4 is 12.5 Å². The zero-order valence-corrected chi connectivity index (χ0v) is 4.60. The monoisotopic (exact) mass is 134 g/mol. The zero-order valence-electron chi connectivity index (χ0n) is 2.19. The van der Waals surface area contributed by atoms with Crippen LogP contribution in [0.15, 0.2) is 0 Å². The Hall–Kier alpha value is 1.10. The summed E-state index contributed by atoms with van der Waals surface area (Å²) in [4.78, 5) is 0. The van der Waals surface area contributed by atoms with E-state index in [1.54, 1.807) is 0 Å². The molecular weight excluding hydrogens is 135 g/mol. The maximum absolute atomic E-state index is 7.83. The maximum Gasteiger partial charge on any atom is 1.00 e. The molecule has 0 aliphatic rings. The second kappa shape index (κ2) is 32.6. The predicted octanol–water partition coefficient (Wildman–Crippen LogP) is -6.33. The van der Waals surface area contributed by atoms with E-state index in [9.17, 15) is 0 Å². The third kappa shape index (κ3) is 11.3. The maximum atomic E-state index is 7.83. The van der Waals surface area contributed by atoms with Gasteiger partial charge in [-0.3, -0.25) is 0 Å². The van der Waals surface area contributed by atoms with Gasteiger partial charge >= 0.3 is 18.9 Å². The summed E-state index contributed by atoms with van der Waals surface area (Å²) in [6.07, 6.45) is 0. The topological polar surface area (TPSA) is 17.1 Å². The number of rotatable bonds is 0. The van der Waals surface area contributed by atoms with Crippen molar-refractivity contribution in [2.45, 2.75) is 0 Å². The van der Waals surface area contributed by atoms with Crippen LogP contribution in [0.25, 0.3) is 0 Å². The summed E-state index contributed by atoms with van der Waals surface area (Å²) in [5.74, 6) is 0. The molecule has 0 aliphatic heterocycles. The standard InChI is InChI=1S/BrH.Li.OS/c;;1-2/h1H;;/q;+1;/p-1. The van der Waals surface area contributed by atoms with Crippen LogP contribution in [-0.2, 0) is 12.5 Å². The molecule has 4 heavy (non-hydrogen) atoms. The average molecular weight is 135 g/mol. The van der Waals surface area contributed by atoms with E-state index in [1.165, 1.54) is 0 Å². The van der Waals surface area contributed by atoms with Gasteiger partial charge in [0, 0.05) is 0 Å². The largest absolute Gasteiger partial charge is 1.00 e. The number of halogens is 1.